The van der Waals surface area contributed by atoms with E-state index in [4.69, 9.17) is 4.74 Å². The van der Waals surface area contributed by atoms with E-state index >= 15 is 0 Å². The van der Waals surface area contributed by atoms with Crippen LogP contribution in [0.25, 0.3) is 0 Å². The number of hydrogen-bond acceptors (Lipinski definition) is 4. The number of rotatable bonds is 5. The van der Waals surface area contributed by atoms with Crippen LogP contribution in [-0.2, 0) is 20.7 Å². The smallest absolute Gasteiger partial charge is 0.326 e. The largest absolute Gasteiger partial charge is 0.508 e. The first-order valence-corrected chi connectivity index (χ1v) is 6.99. The topological polar surface area (TPSA) is 95.9 Å². The van der Waals surface area contributed by atoms with E-state index in [1.807, 2.05) is 0 Å². The maximum absolute atomic E-state index is 12.0. The lowest BCUT2D eigenvalue weighted by Gasteiger charge is -2.23. The van der Waals surface area contributed by atoms with Crippen molar-refractivity contribution in [1.29, 1.82) is 0 Å². The predicted octanol–water partition coefficient (Wildman–Crippen LogP) is 1.07. The summed E-state index contributed by atoms with van der Waals surface area (Å²) >= 11 is 0. The standard InChI is InChI=1S/C15H19NO5/c17-11-6-4-10(5-7-11)9-12(15(19)20)16-14(18)13-3-1-2-8-21-13/h4-7,12-13,17H,1-3,8-9H2,(H,16,18)(H,19,20)/t12-,13?/m1/s1. The van der Waals surface area contributed by atoms with Crippen LogP contribution < -0.4 is 5.32 Å². The molecule has 1 fully saturated rings. The Bertz CT molecular complexity index is 493. The molecule has 1 aromatic rings. The number of amides is 1. The number of phenolic OH excluding ortho intramolecular Hbond substituents is 1. The monoisotopic (exact) mass is 293 g/mol. The van der Waals surface area contributed by atoms with Gasteiger partial charge < -0.3 is 20.3 Å². The highest BCUT2D eigenvalue weighted by atomic mass is 16.5. The minimum Gasteiger partial charge on any atom is -0.508 e. The Morgan fingerprint density at radius 2 is 2.00 bits per heavy atom. The molecule has 0 aliphatic carbocycles. The minimum absolute atomic E-state index is 0.116. The molecule has 0 spiro atoms. The van der Waals surface area contributed by atoms with Gasteiger partial charge in [-0.3, -0.25) is 4.79 Å². The zero-order chi connectivity index (χ0) is 15.2. The van der Waals surface area contributed by atoms with Gasteiger partial charge in [0.2, 0.25) is 5.91 Å². The molecule has 2 atom stereocenters. The molecule has 21 heavy (non-hydrogen) atoms. The van der Waals surface area contributed by atoms with Gasteiger partial charge in [0.05, 0.1) is 0 Å². The predicted molar refractivity (Wildman–Crippen MR) is 75.0 cm³/mol. The van der Waals surface area contributed by atoms with Crippen LogP contribution in [0.5, 0.6) is 5.75 Å². The molecule has 0 saturated carbocycles. The molecule has 1 amide bonds. The van der Waals surface area contributed by atoms with Gasteiger partial charge in [-0.25, -0.2) is 4.79 Å². The summed E-state index contributed by atoms with van der Waals surface area (Å²) in [5, 5.41) is 21.0. The molecular formula is C15H19NO5. The van der Waals surface area contributed by atoms with Crippen molar-refractivity contribution in [3.8, 4) is 5.75 Å². The summed E-state index contributed by atoms with van der Waals surface area (Å²) in [4.78, 5) is 23.3. The van der Waals surface area contributed by atoms with Crippen LogP contribution in [-0.4, -0.2) is 40.8 Å². The Balaban J connectivity index is 1.96. The van der Waals surface area contributed by atoms with Gasteiger partial charge in [-0.2, -0.15) is 0 Å². The van der Waals surface area contributed by atoms with Crippen molar-refractivity contribution in [3.63, 3.8) is 0 Å². The Morgan fingerprint density at radius 1 is 1.29 bits per heavy atom. The van der Waals surface area contributed by atoms with E-state index < -0.39 is 18.1 Å². The Morgan fingerprint density at radius 3 is 2.57 bits per heavy atom. The number of carbonyl (C=O) groups is 2. The number of phenols is 1. The van der Waals surface area contributed by atoms with Crippen LogP contribution in [0.1, 0.15) is 24.8 Å². The number of aliphatic carboxylic acids is 1. The normalized spacial score (nSPS) is 19.7. The Kier molecular flexibility index (Phi) is 5.16. The molecule has 0 aromatic heterocycles. The van der Waals surface area contributed by atoms with E-state index in [1.165, 1.54) is 12.1 Å². The number of hydrogen-bond donors (Lipinski definition) is 3. The zero-order valence-electron chi connectivity index (χ0n) is 11.6. The zero-order valence-corrected chi connectivity index (χ0v) is 11.6. The second-order valence-electron chi connectivity index (χ2n) is 5.13. The number of ether oxygens (including phenoxy) is 1. The summed E-state index contributed by atoms with van der Waals surface area (Å²) in [6.45, 7) is 0.536. The minimum atomic E-state index is -1.09. The maximum Gasteiger partial charge on any atom is 0.326 e. The fourth-order valence-electron chi connectivity index (χ4n) is 2.28. The van der Waals surface area contributed by atoms with Gasteiger partial charge in [0.15, 0.2) is 0 Å². The lowest BCUT2D eigenvalue weighted by Crippen LogP contribution is -2.48. The van der Waals surface area contributed by atoms with E-state index in [2.05, 4.69) is 5.32 Å². The third-order valence-corrected chi connectivity index (χ3v) is 3.46. The molecule has 1 saturated heterocycles. The Labute approximate surface area is 122 Å². The molecule has 1 aliphatic rings. The first-order valence-electron chi connectivity index (χ1n) is 6.99. The average molecular weight is 293 g/mol. The molecule has 6 heteroatoms. The molecule has 1 heterocycles. The highest BCUT2D eigenvalue weighted by Gasteiger charge is 2.27. The molecule has 1 aliphatic heterocycles. The van der Waals surface area contributed by atoms with E-state index in [1.54, 1.807) is 12.1 Å². The van der Waals surface area contributed by atoms with Crippen molar-refractivity contribution < 1.29 is 24.5 Å². The third-order valence-electron chi connectivity index (χ3n) is 3.46. The number of carbonyl (C=O) groups excluding carboxylic acids is 1. The summed E-state index contributed by atoms with van der Waals surface area (Å²) in [6.07, 6.45) is 2.07. The molecule has 0 radical (unpaired) electrons. The van der Waals surface area contributed by atoms with E-state index in [0.717, 1.165) is 18.4 Å². The number of benzene rings is 1. The number of carboxylic acid groups (broad SMARTS) is 1. The van der Waals surface area contributed by atoms with Gasteiger partial charge in [0.1, 0.15) is 17.9 Å². The van der Waals surface area contributed by atoms with Crippen LogP contribution in [0, 0.1) is 0 Å². The highest BCUT2D eigenvalue weighted by Crippen LogP contribution is 2.14. The molecular weight excluding hydrogens is 274 g/mol. The van der Waals surface area contributed by atoms with Crippen molar-refractivity contribution in [3.05, 3.63) is 29.8 Å². The van der Waals surface area contributed by atoms with Crippen LogP contribution >= 0.6 is 0 Å². The lowest BCUT2D eigenvalue weighted by molar-refractivity contribution is -0.145. The van der Waals surface area contributed by atoms with Crippen LogP contribution in [0.3, 0.4) is 0 Å². The van der Waals surface area contributed by atoms with Crippen LogP contribution in [0.15, 0.2) is 24.3 Å². The van der Waals surface area contributed by atoms with Gasteiger partial charge in [-0.05, 0) is 37.0 Å². The van der Waals surface area contributed by atoms with Gasteiger partial charge in [-0.15, -0.1) is 0 Å². The quantitative estimate of drug-likeness (QED) is 0.755. The molecule has 6 nitrogen and oxygen atoms in total. The van der Waals surface area contributed by atoms with E-state index in [0.29, 0.717) is 13.0 Å². The third kappa shape index (κ3) is 4.46. The summed E-state index contributed by atoms with van der Waals surface area (Å²) in [5.41, 5.74) is 0.727. The van der Waals surface area contributed by atoms with Gasteiger partial charge >= 0.3 is 5.97 Å². The van der Waals surface area contributed by atoms with Crippen molar-refractivity contribution in [2.45, 2.75) is 37.8 Å². The molecule has 1 aromatic carbocycles. The fourth-order valence-corrected chi connectivity index (χ4v) is 2.28. The molecule has 1 unspecified atom stereocenters. The maximum atomic E-state index is 12.0. The molecule has 0 bridgehead atoms. The summed E-state index contributed by atoms with van der Waals surface area (Å²) in [5.74, 6) is -1.35. The first-order chi connectivity index (χ1) is 10.1. The van der Waals surface area contributed by atoms with Gasteiger partial charge in [0.25, 0.3) is 0 Å². The Hall–Kier alpha value is -2.08. The fraction of sp³-hybridized carbons (Fsp3) is 0.467. The lowest BCUT2D eigenvalue weighted by atomic mass is 10.0. The number of nitrogens with one attached hydrogen (secondary N) is 1. The van der Waals surface area contributed by atoms with Gasteiger partial charge in [-0.1, -0.05) is 12.1 Å². The molecule has 3 N–H and O–H groups in total. The summed E-state index contributed by atoms with van der Waals surface area (Å²) < 4.78 is 5.35. The SMILES string of the molecule is O=C(N[C@H](Cc1ccc(O)cc1)C(=O)O)C1CCCCO1. The highest BCUT2D eigenvalue weighted by molar-refractivity contribution is 5.86. The van der Waals surface area contributed by atoms with Crippen molar-refractivity contribution in [2.75, 3.05) is 6.61 Å². The van der Waals surface area contributed by atoms with E-state index in [-0.39, 0.29) is 18.1 Å². The molecule has 114 valence electrons. The van der Waals surface area contributed by atoms with Crippen LogP contribution in [0.4, 0.5) is 0 Å². The van der Waals surface area contributed by atoms with Crippen molar-refractivity contribution >= 4 is 11.9 Å². The van der Waals surface area contributed by atoms with Crippen molar-refractivity contribution in [2.24, 2.45) is 0 Å². The second kappa shape index (κ2) is 7.08. The summed E-state index contributed by atoms with van der Waals surface area (Å²) in [6, 6.07) is 5.23. The average Bonchev–Trinajstić information content (AvgIpc) is 2.49. The molecule has 2 rings (SSSR count). The second-order valence-corrected chi connectivity index (χ2v) is 5.13. The van der Waals surface area contributed by atoms with Crippen LogP contribution in [0.2, 0.25) is 0 Å². The first kappa shape index (κ1) is 15.3. The van der Waals surface area contributed by atoms with E-state index in [9.17, 15) is 19.8 Å². The number of aromatic hydroxyl groups is 1. The summed E-state index contributed by atoms with van der Waals surface area (Å²) in [7, 11) is 0. The van der Waals surface area contributed by atoms with Gasteiger partial charge in [0, 0.05) is 13.0 Å². The number of carboxylic acids is 1. The van der Waals surface area contributed by atoms with Crippen molar-refractivity contribution in [1.82, 2.24) is 5.32 Å².